The quantitative estimate of drug-likeness (QED) is 0.774. The van der Waals surface area contributed by atoms with Gasteiger partial charge in [0.05, 0.1) is 19.0 Å². The van der Waals surface area contributed by atoms with E-state index >= 15 is 0 Å². The molecule has 1 fully saturated rings. The number of hydrogen-bond donors (Lipinski definition) is 1. The highest BCUT2D eigenvalue weighted by Crippen LogP contribution is 2.30. The van der Waals surface area contributed by atoms with Crippen LogP contribution in [0.25, 0.3) is 0 Å². The Hall–Kier alpha value is -0.540. The third kappa shape index (κ3) is 2.34. The van der Waals surface area contributed by atoms with E-state index in [4.69, 9.17) is 15.2 Å². The molecule has 86 valence electrons. The molecule has 15 heavy (non-hydrogen) atoms. The number of nitrogens with two attached hydrogens (primary N) is 1. The van der Waals surface area contributed by atoms with E-state index in [1.807, 2.05) is 6.26 Å². The molecule has 2 aliphatic rings. The molecule has 0 spiro atoms. The first-order valence-corrected chi connectivity index (χ1v) is 6.00. The first kappa shape index (κ1) is 11.0. The zero-order valence-corrected chi connectivity index (χ0v) is 9.45. The fourth-order valence-electron chi connectivity index (χ4n) is 2.60. The second kappa shape index (κ2) is 4.99. The van der Waals surface area contributed by atoms with Crippen LogP contribution in [0.5, 0.6) is 0 Å². The molecule has 0 radical (unpaired) electrons. The summed E-state index contributed by atoms with van der Waals surface area (Å²) in [5.41, 5.74) is 7.56. The summed E-state index contributed by atoms with van der Waals surface area (Å²) in [5, 5.41) is 0. The van der Waals surface area contributed by atoms with Crippen molar-refractivity contribution in [2.24, 2.45) is 11.7 Å². The fourth-order valence-corrected chi connectivity index (χ4v) is 2.60. The van der Waals surface area contributed by atoms with Gasteiger partial charge in [-0.05, 0) is 31.3 Å². The Labute approximate surface area is 91.6 Å². The Morgan fingerprint density at radius 1 is 1.53 bits per heavy atom. The van der Waals surface area contributed by atoms with Crippen molar-refractivity contribution >= 4 is 0 Å². The van der Waals surface area contributed by atoms with Gasteiger partial charge in [0.15, 0.2) is 0 Å². The van der Waals surface area contributed by atoms with Crippen LogP contribution in [-0.2, 0) is 9.47 Å². The molecule has 3 heteroatoms. The van der Waals surface area contributed by atoms with E-state index in [-0.39, 0.29) is 6.04 Å². The zero-order valence-electron chi connectivity index (χ0n) is 9.45. The lowest BCUT2D eigenvalue weighted by Crippen LogP contribution is -2.37. The van der Waals surface area contributed by atoms with Crippen LogP contribution in [0, 0.1) is 5.92 Å². The van der Waals surface area contributed by atoms with Crippen LogP contribution in [0.1, 0.15) is 32.6 Å². The first-order chi connectivity index (χ1) is 7.33. The lowest BCUT2D eigenvalue weighted by molar-refractivity contribution is 0.0828. The molecule has 0 amide bonds. The molecule has 2 rings (SSSR count). The maximum Gasteiger partial charge on any atom is 0.0876 e. The van der Waals surface area contributed by atoms with E-state index in [1.165, 1.54) is 5.57 Å². The van der Waals surface area contributed by atoms with Gasteiger partial charge in [-0.2, -0.15) is 0 Å². The molecule has 3 atom stereocenters. The summed E-state index contributed by atoms with van der Waals surface area (Å²) in [6.07, 6.45) is 6.57. The molecule has 0 aromatic heterocycles. The topological polar surface area (TPSA) is 44.5 Å². The summed E-state index contributed by atoms with van der Waals surface area (Å²) >= 11 is 0. The van der Waals surface area contributed by atoms with Gasteiger partial charge in [0.2, 0.25) is 0 Å². The van der Waals surface area contributed by atoms with Gasteiger partial charge in [-0.3, -0.25) is 0 Å². The Morgan fingerprint density at radius 3 is 3.07 bits per heavy atom. The van der Waals surface area contributed by atoms with Crippen molar-refractivity contribution in [2.45, 2.75) is 44.8 Å². The highest BCUT2D eigenvalue weighted by molar-refractivity contribution is 5.12. The highest BCUT2D eigenvalue weighted by Gasteiger charge is 2.33. The first-order valence-electron chi connectivity index (χ1n) is 6.00. The molecule has 1 saturated heterocycles. The Kier molecular flexibility index (Phi) is 3.65. The van der Waals surface area contributed by atoms with Crippen LogP contribution >= 0.6 is 0 Å². The van der Waals surface area contributed by atoms with E-state index < -0.39 is 0 Å². The normalized spacial score (nSPS) is 33.3. The number of rotatable bonds is 3. The summed E-state index contributed by atoms with van der Waals surface area (Å²) in [5.74, 6) is 0.489. The van der Waals surface area contributed by atoms with Crippen molar-refractivity contribution < 1.29 is 9.47 Å². The molecular formula is C12H21NO2. The molecule has 0 bridgehead atoms. The van der Waals surface area contributed by atoms with Crippen LogP contribution in [0.2, 0.25) is 0 Å². The summed E-state index contributed by atoms with van der Waals surface area (Å²) in [7, 11) is 0. The fraction of sp³-hybridized carbons (Fsp3) is 0.833. The van der Waals surface area contributed by atoms with Gasteiger partial charge in [-0.15, -0.1) is 0 Å². The summed E-state index contributed by atoms with van der Waals surface area (Å²) in [4.78, 5) is 0. The summed E-state index contributed by atoms with van der Waals surface area (Å²) in [6.45, 7) is 3.88. The number of hydrogen-bond acceptors (Lipinski definition) is 3. The van der Waals surface area contributed by atoms with Crippen molar-refractivity contribution in [3.63, 3.8) is 0 Å². The average molecular weight is 211 g/mol. The largest absolute Gasteiger partial charge is 0.501 e. The van der Waals surface area contributed by atoms with Crippen molar-refractivity contribution in [3.05, 3.63) is 11.8 Å². The smallest absolute Gasteiger partial charge is 0.0876 e. The SMILES string of the molecule is CCC1OCCC1C(N)C1=COCCC1. The molecular weight excluding hydrogens is 190 g/mol. The minimum Gasteiger partial charge on any atom is -0.501 e. The number of ether oxygens (including phenoxy) is 2. The molecule has 3 nitrogen and oxygen atoms in total. The second-order valence-corrected chi connectivity index (χ2v) is 4.46. The van der Waals surface area contributed by atoms with Crippen molar-refractivity contribution in [1.82, 2.24) is 0 Å². The molecule has 0 aromatic rings. The van der Waals surface area contributed by atoms with Gasteiger partial charge in [0.25, 0.3) is 0 Å². The molecule has 3 unspecified atom stereocenters. The van der Waals surface area contributed by atoms with Crippen molar-refractivity contribution in [1.29, 1.82) is 0 Å². The van der Waals surface area contributed by atoms with Crippen molar-refractivity contribution in [3.8, 4) is 0 Å². The Morgan fingerprint density at radius 2 is 2.40 bits per heavy atom. The highest BCUT2D eigenvalue weighted by atomic mass is 16.5. The standard InChI is InChI=1S/C12H21NO2/c1-2-11-10(5-7-15-11)12(13)9-4-3-6-14-8-9/h8,10-12H,2-7,13H2,1H3. The van der Waals surface area contributed by atoms with Crippen LogP contribution < -0.4 is 5.73 Å². The van der Waals surface area contributed by atoms with Gasteiger partial charge in [0.1, 0.15) is 0 Å². The lowest BCUT2D eigenvalue weighted by Gasteiger charge is -2.27. The maximum atomic E-state index is 6.29. The molecule has 2 heterocycles. The van der Waals surface area contributed by atoms with Gasteiger partial charge in [-0.1, -0.05) is 6.92 Å². The minimum atomic E-state index is 0.137. The van der Waals surface area contributed by atoms with Crippen LogP contribution in [-0.4, -0.2) is 25.4 Å². The van der Waals surface area contributed by atoms with Crippen LogP contribution in [0.4, 0.5) is 0 Å². The van der Waals surface area contributed by atoms with Gasteiger partial charge < -0.3 is 15.2 Å². The monoisotopic (exact) mass is 211 g/mol. The third-order valence-electron chi connectivity index (χ3n) is 3.51. The van der Waals surface area contributed by atoms with E-state index in [9.17, 15) is 0 Å². The predicted octanol–water partition coefficient (Wildman–Crippen LogP) is 1.82. The van der Waals surface area contributed by atoms with E-state index in [2.05, 4.69) is 6.92 Å². The summed E-state index contributed by atoms with van der Waals surface area (Å²) < 4.78 is 11.0. The maximum absolute atomic E-state index is 6.29. The third-order valence-corrected chi connectivity index (χ3v) is 3.51. The van der Waals surface area contributed by atoms with Crippen molar-refractivity contribution in [2.75, 3.05) is 13.2 Å². The van der Waals surface area contributed by atoms with Gasteiger partial charge in [-0.25, -0.2) is 0 Å². The Bertz CT molecular complexity index is 240. The molecule has 2 N–H and O–H groups in total. The summed E-state index contributed by atoms with van der Waals surface area (Å²) in [6, 6.07) is 0.137. The van der Waals surface area contributed by atoms with Crippen LogP contribution in [0.3, 0.4) is 0 Å². The predicted molar refractivity (Wildman–Crippen MR) is 59.4 cm³/mol. The zero-order chi connectivity index (χ0) is 10.7. The average Bonchev–Trinajstić information content (AvgIpc) is 2.77. The van der Waals surface area contributed by atoms with Crippen LogP contribution in [0.15, 0.2) is 11.8 Å². The molecule has 0 aromatic carbocycles. The molecule has 0 aliphatic carbocycles. The molecule has 2 aliphatic heterocycles. The Balaban J connectivity index is 1.99. The van der Waals surface area contributed by atoms with E-state index in [0.717, 1.165) is 38.9 Å². The van der Waals surface area contributed by atoms with E-state index in [0.29, 0.717) is 12.0 Å². The van der Waals surface area contributed by atoms with Gasteiger partial charge >= 0.3 is 0 Å². The minimum absolute atomic E-state index is 0.137. The lowest BCUT2D eigenvalue weighted by atomic mass is 9.85. The van der Waals surface area contributed by atoms with E-state index in [1.54, 1.807) is 0 Å². The van der Waals surface area contributed by atoms with Gasteiger partial charge in [0, 0.05) is 18.6 Å². The second-order valence-electron chi connectivity index (χ2n) is 4.46. The molecule has 0 saturated carbocycles.